The highest BCUT2D eigenvalue weighted by Crippen LogP contribution is 2.22. The van der Waals surface area contributed by atoms with Crippen LogP contribution in [0.25, 0.3) is 0 Å². The highest BCUT2D eigenvalue weighted by atomic mass is 32.2. The van der Waals surface area contributed by atoms with Crippen LogP contribution < -0.4 is 0 Å². The third kappa shape index (κ3) is 4.37. The molecular weight excluding hydrogens is 244 g/mol. The van der Waals surface area contributed by atoms with Gasteiger partial charge in [0.15, 0.2) is 0 Å². The molecule has 2 nitrogen and oxygen atoms in total. The summed E-state index contributed by atoms with van der Waals surface area (Å²) < 4.78 is 5.48. The van der Waals surface area contributed by atoms with Crippen molar-refractivity contribution >= 4 is 17.7 Å². The summed E-state index contributed by atoms with van der Waals surface area (Å²) in [5, 5.41) is 0. The highest BCUT2D eigenvalue weighted by Gasteiger charge is 2.17. The first-order valence-electron chi connectivity index (χ1n) is 6.63. The summed E-state index contributed by atoms with van der Waals surface area (Å²) in [4.78, 5) is 12.8. The fourth-order valence-corrected chi connectivity index (χ4v) is 2.86. The fraction of sp³-hybridized carbons (Fsp3) is 0.533. The first-order chi connectivity index (χ1) is 8.74. The van der Waals surface area contributed by atoms with Crippen LogP contribution in [0.1, 0.15) is 37.7 Å². The number of hydrogen-bond donors (Lipinski definition) is 0. The molecule has 1 aliphatic carbocycles. The molecule has 0 bridgehead atoms. The van der Waals surface area contributed by atoms with Crippen LogP contribution >= 0.6 is 11.8 Å². The monoisotopic (exact) mass is 264 g/mol. The molecule has 3 heteroatoms. The molecule has 1 fully saturated rings. The molecule has 0 aliphatic heterocycles. The zero-order valence-electron chi connectivity index (χ0n) is 10.9. The van der Waals surface area contributed by atoms with Gasteiger partial charge < -0.3 is 4.74 Å². The van der Waals surface area contributed by atoms with Crippen molar-refractivity contribution in [3.05, 3.63) is 29.8 Å². The summed E-state index contributed by atoms with van der Waals surface area (Å²) in [6.07, 6.45) is 5.94. The number of esters is 1. The Bertz CT molecular complexity index is 380. The second kappa shape index (κ2) is 6.83. The summed E-state index contributed by atoms with van der Waals surface area (Å²) in [7, 11) is 0. The van der Waals surface area contributed by atoms with E-state index in [1.165, 1.54) is 24.8 Å². The van der Waals surface area contributed by atoms with E-state index in [0.717, 1.165) is 17.7 Å². The average molecular weight is 264 g/mol. The van der Waals surface area contributed by atoms with Gasteiger partial charge in [-0.05, 0) is 44.7 Å². The van der Waals surface area contributed by atoms with Gasteiger partial charge >= 0.3 is 5.97 Å². The number of thioether (sulfide) groups is 1. The minimum Gasteiger partial charge on any atom is -0.462 e. The molecular formula is C15H20O2S. The summed E-state index contributed by atoms with van der Waals surface area (Å²) in [6, 6.07) is 8.23. The maximum atomic E-state index is 11.7. The van der Waals surface area contributed by atoms with Crippen molar-refractivity contribution in [2.24, 2.45) is 0 Å². The van der Waals surface area contributed by atoms with E-state index in [1.54, 1.807) is 11.8 Å². The molecule has 1 aromatic rings. The molecule has 0 N–H and O–H groups in total. The van der Waals surface area contributed by atoms with Crippen LogP contribution in [0.3, 0.4) is 0 Å². The van der Waals surface area contributed by atoms with Crippen molar-refractivity contribution in [1.82, 2.24) is 0 Å². The maximum absolute atomic E-state index is 11.7. The number of ether oxygens (including phenoxy) is 1. The van der Waals surface area contributed by atoms with Gasteiger partial charge in [-0.2, -0.15) is 0 Å². The van der Waals surface area contributed by atoms with Crippen molar-refractivity contribution < 1.29 is 9.53 Å². The van der Waals surface area contributed by atoms with E-state index < -0.39 is 0 Å². The Morgan fingerprint density at radius 3 is 2.56 bits per heavy atom. The third-order valence-corrected chi connectivity index (χ3v) is 4.21. The predicted octanol–water partition coefficient (Wildman–Crippen LogP) is 3.96. The smallest absolute Gasteiger partial charge is 0.316 e. The Balaban J connectivity index is 1.72. The van der Waals surface area contributed by atoms with Gasteiger partial charge in [0.05, 0.1) is 5.75 Å². The molecule has 0 heterocycles. The van der Waals surface area contributed by atoms with Crippen LogP contribution in [-0.4, -0.2) is 17.8 Å². The van der Waals surface area contributed by atoms with E-state index in [1.807, 2.05) is 12.1 Å². The number of hydrogen-bond acceptors (Lipinski definition) is 3. The molecule has 0 amide bonds. The molecule has 2 rings (SSSR count). The Hall–Kier alpha value is -0.960. The Morgan fingerprint density at radius 1 is 1.22 bits per heavy atom. The van der Waals surface area contributed by atoms with Gasteiger partial charge in [0.1, 0.15) is 6.10 Å². The van der Waals surface area contributed by atoms with Gasteiger partial charge in [-0.15, -0.1) is 11.8 Å². The summed E-state index contributed by atoms with van der Waals surface area (Å²) in [5.41, 5.74) is 1.24. The van der Waals surface area contributed by atoms with Crippen molar-refractivity contribution in [2.45, 2.75) is 50.0 Å². The van der Waals surface area contributed by atoms with Crippen LogP contribution in [0.5, 0.6) is 0 Å². The topological polar surface area (TPSA) is 26.3 Å². The molecule has 0 unspecified atom stereocenters. The number of carbonyl (C=O) groups is 1. The van der Waals surface area contributed by atoms with E-state index in [4.69, 9.17) is 4.74 Å². The van der Waals surface area contributed by atoms with Crippen LogP contribution in [0.15, 0.2) is 29.2 Å². The Labute approximate surface area is 113 Å². The van der Waals surface area contributed by atoms with Gasteiger partial charge in [-0.1, -0.05) is 24.1 Å². The summed E-state index contributed by atoms with van der Waals surface area (Å²) in [6.45, 7) is 2.06. The quantitative estimate of drug-likeness (QED) is 0.608. The van der Waals surface area contributed by atoms with Crippen molar-refractivity contribution in [1.29, 1.82) is 0 Å². The molecule has 1 aromatic carbocycles. The fourth-order valence-electron chi connectivity index (χ4n) is 2.18. The third-order valence-electron chi connectivity index (χ3n) is 3.23. The molecule has 0 saturated heterocycles. The van der Waals surface area contributed by atoms with E-state index in [-0.39, 0.29) is 12.1 Å². The highest BCUT2D eigenvalue weighted by molar-refractivity contribution is 8.00. The average Bonchev–Trinajstić information content (AvgIpc) is 2.39. The second-order valence-corrected chi connectivity index (χ2v) is 5.90. The van der Waals surface area contributed by atoms with E-state index >= 15 is 0 Å². The number of aryl methyl sites for hydroxylation is 1. The zero-order chi connectivity index (χ0) is 12.8. The predicted molar refractivity (Wildman–Crippen MR) is 74.9 cm³/mol. The second-order valence-electron chi connectivity index (χ2n) is 4.85. The van der Waals surface area contributed by atoms with Crippen LogP contribution in [0, 0.1) is 6.92 Å². The lowest BCUT2D eigenvalue weighted by atomic mass is 9.98. The normalized spacial score (nSPS) is 16.5. The van der Waals surface area contributed by atoms with Crippen LogP contribution in [-0.2, 0) is 9.53 Å². The molecule has 0 radical (unpaired) electrons. The van der Waals surface area contributed by atoms with Gasteiger partial charge in [-0.25, -0.2) is 0 Å². The largest absolute Gasteiger partial charge is 0.462 e. The molecule has 98 valence electrons. The molecule has 1 saturated carbocycles. The minimum atomic E-state index is -0.0764. The molecule has 0 aromatic heterocycles. The first kappa shape index (κ1) is 13.5. The number of benzene rings is 1. The molecule has 0 atom stereocenters. The lowest BCUT2D eigenvalue weighted by Crippen LogP contribution is -2.21. The SMILES string of the molecule is Cc1ccc(SCC(=O)OC2CCCCC2)cc1. The maximum Gasteiger partial charge on any atom is 0.316 e. The van der Waals surface area contributed by atoms with E-state index in [9.17, 15) is 4.79 Å². The first-order valence-corrected chi connectivity index (χ1v) is 7.61. The Morgan fingerprint density at radius 2 is 1.89 bits per heavy atom. The van der Waals surface area contributed by atoms with Gasteiger partial charge in [-0.3, -0.25) is 4.79 Å². The van der Waals surface area contributed by atoms with E-state index in [2.05, 4.69) is 19.1 Å². The van der Waals surface area contributed by atoms with Crippen molar-refractivity contribution in [2.75, 3.05) is 5.75 Å². The van der Waals surface area contributed by atoms with Crippen molar-refractivity contribution in [3.63, 3.8) is 0 Å². The van der Waals surface area contributed by atoms with Crippen LogP contribution in [0.4, 0.5) is 0 Å². The number of carbonyl (C=O) groups excluding carboxylic acids is 1. The van der Waals surface area contributed by atoms with Crippen LogP contribution in [0.2, 0.25) is 0 Å². The minimum absolute atomic E-state index is 0.0764. The Kier molecular flexibility index (Phi) is 5.12. The summed E-state index contributed by atoms with van der Waals surface area (Å²) in [5.74, 6) is 0.340. The van der Waals surface area contributed by atoms with Gasteiger partial charge in [0.2, 0.25) is 0 Å². The summed E-state index contributed by atoms with van der Waals surface area (Å²) >= 11 is 1.55. The zero-order valence-corrected chi connectivity index (χ0v) is 11.7. The number of rotatable bonds is 4. The lowest BCUT2D eigenvalue weighted by molar-refractivity contribution is -0.147. The molecule has 18 heavy (non-hydrogen) atoms. The lowest BCUT2D eigenvalue weighted by Gasteiger charge is -2.21. The van der Waals surface area contributed by atoms with E-state index in [0.29, 0.717) is 5.75 Å². The van der Waals surface area contributed by atoms with Crippen molar-refractivity contribution in [3.8, 4) is 0 Å². The van der Waals surface area contributed by atoms with Gasteiger partial charge in [0.25, 0.3) is 0 Å². The molecule has 0 spiro atoms. The standard InChI is InChI=1S/C15H20O2S/c1-12-7-9-14(10-8-12)18-11-15(16)17-13-5-3-2-4-6-13/h7-10,13H,2-6,11H2,1H3. The molecule has 1 aliphatic rings. The van der Waals surface area contributed by atoms with Gasteiger partial charge in [0, 0.05) is 4.90 Å².